The van der Waals surface area contributed by atoms with Gasteiger partial charge in [0.1, 0.15) is 5.75 Å². The third-order valence-electron chi connectivity index (χ3n) is 4.93. The quantitative estimate of drug-likeness (QED) is 0.741. The number of benzene rings is 1. The van der Waals surface area contributed by atoms with Crippen molar-refractivity contribution in [3.8, 4) is 5.75 Å². The molecule has 0 bridgehead atoms. The summed E-state index contributed by atoms with van der Waals surface area (Å²) in [5.74, 6) is 0.204. The van der Waals surface area contributed by atoms with Crippen molar-refractivity contribution in [1.29, 1.82) is 0 Å². The molecule has 1 aromatic carbocycles. The van der Waals surface area contributed by atoms with Gasteiger partial charge in [-0.1, -0.05) is 6.07 Å². The van der Waals surface area contributed by atoms with Gasteiger partial charge in [0, 0.05) is 12.6 Å². The minimum Gasteiger partial charge on any atom is -0.494 e. The number of piperidine rings is 1. The fourth-order valence-corrected chi connectivity index (χ4v) is 3.21. The summed E-state index contributed by atoms with van der Waals surface area (Å²) in [6.07, 6.45) is 3.10. The molecule has 134 valence electrons. The number of carboxylic acid groups (broad SMARTS) is 1. The Morgan fingerprint density at radius 1 is 1.29 bits per heavy atom. The number of likely N-dealkylation sites (N-methyl/N-ethyl adjacent to an activating group) is 1. The lowest BCUT2D eigenvalue weighted by Crippen LogP contribution is -2.45. The largest absolute Gasteiger partial charge is 0.494 e. The van der Waals surface area contributed by atoms with Crippen LogP contribution in [0.1, 0.15) is 30.4 Å². The molecule has 0 aromatic heterocycles. The minimum absolute atomic E-state index is 0.133. The molecule has 0 radical (unpaired) electrons. The summed E-state index contributed by atoms with van der Waals surface area (Å²) < 4.78 is 5.84. The Hall–Kier alpha value is -1.59. The smallest absolute Gasteiger partial charge is 0.317 e. The van der Waals surface area contributed by atoms with Crippen LogP contribution in [0.4, 0.5) is 0 Å². The standard InChI is InChI=1S/C19H30N2O3/c1-15-5-6-18(13-16(15)2)24-12-4-9-21-10-7-17(8-11-21)20(3)14-19(22)23/h5-6,13,17H,4,7-12,14H2,1-3H3,(H,22,23). The van der Waals surface area contributed by atoms with E-state index in [0.29, 0.717) is 6.04 Å². The molecule has 24 heavy (non-hydrogen) atoms. The molecule has 2 rings (SSSR count). The average molecular weight is 334 g/mol. The van der Waals surface area contributed by atoms with Crippen molar-refractivity contribution < 1.29 is 14.6 Å². The van der Waals surface area contributed by atoms with E-state index in [4.69, 9.17) is 9.84 Å². The van der Waals surface area contributed by atoms with Gasteiger partial charge in [0.2, 0.25) is 0 Å². The zero-order chi connectivity index (χ0) is 17.5. The maximum Gasteiger partial charge on any atom is 0.317 e. The highest BCUT2D eigenvalue weighted by Crippen LogP contribution is 2.17. The second-order valence-corrected chi connectivity index (χ2v) is 6.83. The fraction of sp³-hybridized carbons (Fsp3) is 0.632. The molecule has 0 saturated carbocycles. The Morgan fingerprint density at radius 2 is 2.00 bits per heavy atom. The van der Waals surface area contributed by atoms with Gasteiger partial charge in [0.05, 0.1) is 13.2 Å². The Labute approximate surface area is 145 Å². The Morgan fingerprint density at radius 3 is 2.62 bits per heavy atom. The molecule has 5 nitrogen and oxygen atoms in total. The van der Waals surface area contributed by atoms with Crippen LogP contribution in [0.25, 0.3) is 0 Å². The molecule has 0 spiro atoms. The molecule has 0 amide bonds. The van der Waals surface area contributed by atoms with Crippen LogP contribution in [0.15, 0.2) is 18.2 Å². The summed E-state index contributed by atoms with van der Waals surface area (Å²) in [5.41, 5.74) is 2.55. The summed E-state index contributed by atoms with van der Waals surface area (Å²) in [6, 6.07) is 6.62. The average Bonchev–Trinajstić information content (AvgIpc) is 2.54. The van der Waals surface area contributed by atoms with Crippen LogP contribution in [0.3, 0.4) is 0 Å². The first-order valence-corrected chi connectivity index (χ1v) is 8.80. The second kappa shape index (κ2) is 9.04. The predicted molar refractivity (Wildman–Crippen MR) is 95.8 cm³/mol. The molecular formula is C19H30N2O3. The van der Waals surface area contributed by atoms with Crippen LogP contribution in [-0.4, -0.2) is 66.8 Å². The van der Waals surface area contributed by atoms with E-state index in [-0.39, 0.29) is 6.54 Å². The Balaban J connectivity index is 1.62. The summed E-state index contributed by atoms with van der Waals surface area (Å²) >= 11 is 0. The van der Waals surface area contributed by atoms with E-state index in [1.807, 2.05) is 18.0 Å². The van der Waals surface area contributed by atoms with Crippen molar-refractivity contribution in [2.75, 3.05) is 39.8 Å². The van der Waals surface area contributed by atoms with Gasteiger partial charge in [-0.05, 0) is 76.5 Å². The van der Waals surface area contributed by atoms with Gasteiger partial charge in [0.25, 0.3) is 0 Å². The molecule has 1 aliphatic rings. The maximum atomic E-state index is 10.8. The Kier molecular flexibility index (Phi) is 7.06. The molecule has 0 aliphatic carbocycles. The monoisotopic (exact) mass is 334 g/mol. The highest BCUT2D eigenvalue weighted by Gasteiger charge is 2.23. The van der Waals surface area contributed by atoms with E-state index in [9.17, 15) is 4.79 Å². The van der Waals surface area contributed by atoms with Gasteiger partial charge >= 0.3 is 5.97 Å². The van der Waals surface area contributed by atoms with Crippen LogP contribution in [-0.2, 0) is 4.79 Å². The summed E-state index contributed by atoms with van der Waals surface area (Å²) in [7, 11) is 1.91. The van der Waals surface area contributed by atoms with Crippen LogP contribution in [0.5, 0.6) is 5.75 Å². The van der Waals surface area contributed by atoms with Gasteiger partial charge in [-0.15, -0.1) is 0 Å². The summed E-state index contributed by atoms with van der Waals surface area (Å²) in [6.45, 7) is 8.21. The molecule has 1 N–H and O–H groups in total. The SMILES string of the molecule is Cc1ccc(OCCCN2CCC(N(C)CC(=O)O)CC2)cc1C. The third kappa shape index (κ3) is 5.80. The van der Waals surface area contributed by atoms with Crippen molar-refractivity contribution in [3.63, 3.8) is 0 Å². The number of aryl methyl sites for hydroxylation is 2. The number of carbonyl (C=O) groups is 1. The van der Waals surface area contributed by atoms with Crippen LogP contribution < -0.4 is 4.74 Å². The van der Waals surface area contributed by atoms with Gasteiger partial charge in [-0.2, -0.15) is 0 Å². The van der Waals surface area contributed by atoms with Gasteiger partial charge in [0.15, 0.2) is 0 Å². The van der Waals surface area contributed by atoms with Crippen LogP contribution in [0, 0.1) is 13.8 Å². The number of ether oxygens (including phenoxy) is 1. The lowest BCUT2D eigenvalue weighted by atomic mass is 10.0. The molecule has 1 saturated heterocycles. The van der Waals surface area contributed by atoms with Crippen molar-refractivity contribution in [1.82, 2.24) is 9.80 Å². The molecule has 0 unspecified atom stereocenters. The molecular weight excluding hydrogens is 304 g/mol. The van der Waals surface area contributed by atoms with Crippen LogP contribution in [0.2, 0.25) is 0 Å². The topological polar surface area (TPSA) is 53.0 Å². The van der Waals surface area contributed by atoms with E-state index in [0.717, 1.165) is 51.3 Å². The maximum absolute atomic E-state index is 10.8. The van der Waals surface area contributed by atoms with E-state index in [2.05, 4.69) is 30.9 Å². The Bertz CT molecular complexity index is 539. The lowest BCUT2D eigenvalue weighted by Gasteiger charge is -2.36. The molecule has 1 fully saturated rings. The third-order valence-corrected chi connectivity index (χ3v) is 4.93. The minimum atomic E-state index is -0.747. The number of carboxylic acids is 1. The number of hydrogen-bond acceptors (Lipinski definition) is 4. The fourth-order valence-electron chi connectivity index (χ4n) is 3.21. The first-order chi connectivity index (χ1) is 11.5. The molecule has 1 aromatic rings. The molecule has 1 heterocycles. The van der Waals surface area contributed by atoms with E-state index in [1.165, 1.54) is 11.1 Å². The lowest BCUT2D eigenvalue weighted by molar-refractivity contribution is -0.138. The second-order valence-electron chi connectivity index (χ2n) is 6.83. The number of hydrogen-bond donors (Lipinski definition) is 1. The van der Waals surface area contributed by atoms with Crippen molar-refractivity contribution in [2.24, 2.45) is 0 Å². The highest BCUT2D eigenvalue weighted by atomic mass is 16.5. The number of aliphatic carboxylic acids is 1. The van der Waals surface area contributed by atoms with Crippen molar-refractivity contribution >= 4 is 5.97 Å². The number of likely N-dealkylation sites (tertiary alicyclic amines) is 1. The van der Waals surface area contributed by atoms with Gasteiger partial charge < -0.3 is 14.7 Å². The highest BCUT2D eigenvalue weighted by molar-refractivity contribution is 5.69. The normalized spacial score (nSPS) is 16.5. The van der Waals surface area contributed by atoms with Gasteiger partial charge in [-0.3, -0.25) is 9.69 Å². The molecule has 1 aliphatic heterocycles. The van der Waals surface area contributed by atoms with Crippen molar-refractivity contribution in [2.45, 2.75) is 39.2 Å². The predicted octanol–water partition coefficient (Wildman–Crippen LogP) is 2.55. The van der Waals surface area contributed by atoms with Crippen LogP contribution >= 0.6 is 0 Å². The first kappa shape index (κ1) is 18.7. The van der Waals surface area contributed by atoms with E-state index < -0.39 is 5.97 Å². The van der Waals surface area contributed by atoms with E-state index in [1.54, 1.807) is 0 Å². The zero-order valence-corrected chi connectivity index (χ0v) is 15.1. The first-order valence-electron chi connectivity index (χ1n) is 8.80. The summed E-state index contributed by atoms with van der Waals surface area (Å²) in [5, 5.41) is 8.87. The van der Waals surface area contributed by atoms with E-state index >= 15 is 0 Å². The number of rotatable bonds is 8. The molecule has 5 heteroatoms. The number of nitrogens with zero attached hydrogens (tertiary/aromatic N) is 2. The van der Waals surface area contributed by atoms with Gasteiger partial charge in [-0.25, -0.2) is 0 Å². The zero-order valence-electron chi connectivity index (χ0n) is 15.1. The summed E-state index contributed by atoms with van der Waals surface area (Å²) in [4.78, 5) is 15.2. The van der Waals surface area contributed by atoms with Crippen molar-refractivity contribution in [3.05, 3.63) is 29.3 Å². The molecule has 0 atom stereocenters.